The Hall–Kier alpha value is -1.15. The first kappa shape index (κ1) is 74.9. The molecule has 1 rings (SSSR count). The SMILES string of the molecule is CCCCCCCCCCCCCCCCCCCCCCC/C=C/CCCC(O)C(O)C(COC1OC(CO)C(O)C(O)C1O)NC(=O)C(O)CCCCCCCCCCCCCCCCCCCCCCCCCCC. The molecule has 0 radical (unpaired) electrons. The van der Waals surface area contributed by atoms with Crippen LogP contribution in [0, 0.1) is 0 Å². The zero-order chi connectivity index (χ0) is 56.8. The normalized spacial score (nSPS) is 19.4. The van der Waals surface area contributed by atoms with Gasteiger partial charge in [-0.3, -0.25) is 4.79 Å². The van der Waals surface area contributed by atoms with Gasteiger partial charge in [-0.15, -0.1) is 0 Å². The van der Waals surface area contributed by atoms with Crippen LogP contribution in [0.2, 0.25) is 0 Å². The van der Waals surface area contributed by atoms with Gasteiger partial charge in [0.2, 0.25) is 5.91 Å². The molecule has 464 valence electrons. The summed E-state index contributed by atoms with van der Waals surface area (Å²) in [5.41, 5.74) is 0. The molecule has 11 heteroatoms. The third-order valence-corrected chi connectivity index (χ3v) is 16.8. The molecule has 78 heavy (non-hydrogen) atoms. The van der Waals surface area contributed by atoms with Gasteiger partial charge in [0.15, 0.2) is 6.29 Å². The Kier molecular flexibility index (Phi) is 54.1. The fourth-order valence-corrected chi connectivity index (χ4v) is 11.3. The highest BCUT2D eigenvalue weighted by atomic mass is 16.7. The molecule has 1 aliphatic heterocycles. The molecule has 0 saturated carbocycles. The Morgan fingerprint density at radius 2 is 0.756 bits per heavy atom. The zero-order valence-corrected chi connectivity index (χ0v) is 51.2. The van der Waals surface area contributed by atoms with Crippen LogP contribution in [0.15, 0.2) is 12.2 Å². The first-order valence-corrected chi connectivity index (χ1v) is 34.1. The molecule has 1 aliphatic rings. The van der Waals surface area contributed by atoms with Gasteiger partial charge in [-0.05, 0) is 38.5 Å². The van der Waals surface area contributed by atoms with Crippen LogP contribution in [0.3, 0.4) is 0 Å². The third-order valence-electron chi connectivity index (χ3n) is 16.8. The number of unbranched alkanes of at least 4 members (excludes halogenated alkanes) is 46. The number of hydrogen-bond donors (Lipinski definition) is 8. The number of amides is 1. The van der Waals surface area contributed by atoms with Gasteiger partial charge in [-0.1, -0.05) is 315 Å². The van der Waals surface area contributed by atoms with Crippen molar-refractivity contribution in [3.05, 3.63) is 12.2 Å². The Balaban J connectivity index is 2.23. The maximum atomic E-state index is 13.2. The lowest BCUT2D eigenvalue weighted by Gasteiger charge is -2.40. The van der Waals surface area contributed by atoms with Gasteiger partial charge < -0.3 is 50.5 Å². The van der Waals surface area contributed by atoms with Crippen molar-refractivity contribution in [1.29, 1.82) is 0 Å². The van der Waals surface area contributed by atoms with Gasteiger partial charge in [0.05, 0.1) is 25.4 Å². The zero-order valence-electron chi connectivity index (χ0n) is 51.2. The van der Waals surface area contributed by atoms with Crippen LogP contribution in [-0.2, 0) is 14.3 Å². The monoisotopic (exact) mass is 1110 g/mol. The summed E-state index contributed by atoms with van der Waals surface area (Å²) in [5, 5.41) is 76.4. The fraction of sp³-hybridized carbons (Fsp3) is 0.955. The van der Waals surface area contributed by atoms with Crippen LogP contribution < -0.4 is 5.32 Å². The number of allylic oxidation sites excluding steroid dienone is 2. The third kappa shape index (κ3) is 43.5. The highest BCUT2D eigenvalue weighted by molar-refractivity contribution is 5.80. The van der Waals surface area contributed by atoms with Crippen LogP contribution in [0.25, 0.3) is 0 Å². The molecule has 1 saturated heterocycles. The topological polar surface area (TPSA) is 189 Å². The van der Waals surface area contributed by atoms with E-state index in [1.54, 1.807) is 0 Å². The maximum Gasteiger partial charge on any atom is 0.249 e. The lowest BCUT2D eigenvalue weighted by atomic mass is 9.98. The average molecular weight is 1110 g/mol. The average Bonchev–Trinajstić information content (AvgIpc) is 3.46. The summed E-state index contributed by atoms with van der Waals surface area (Å²) in [5.74, 6) is -0.698. The van der Waals surface area contributed by atoms with Crippen LogP contribution >= 0.6 is 0 Å². The van der Waals surface area contributed by atoms with E-state index in [0.29, 0.717) is 12.8 Å². The van der Waals surface area contributed by atoms with E-state index < -0.39 is 74.2 Å². The minimum absolute atomic E-state index is 0.260. The van der Waals surface area contributed by atoms with Gasteiger partial charge >= 0.3 is 0 Å². The van der Waals surface area contributed by atoms with Crippen LogP contribution in [-0.4, -0.2) is 110 Å². The van der Waals surface area contributed by atoms with E-state index in [1.807, 2.05) is 0 Å². The van der Waals surface area contributed by atoms with Crippen molar-refractivity contribution in [2.75, 3.05) is 13.2 Å². The molecule has 0 aromatic rings. The lowest BCUT2D eigenvalue weighted by molar-refractivity contribution is -0.303. The molecule has 11 nitrogen and oxygen atoms in total. The first-order chi connectivity index (χ1) is 38.2. The molecule has 0 aromatic carbocycles. The van der Waals surface area contributed by atoms with Crippen molar-refractivity contribution in [2.24, 2.45) is 0 Å². The van der Waals surface area contributed by atoms with Crippen molar-refractivity contribution in [3.8, 4) is 0 Å². The van der Waals surface area contributed by atoms with Gasteiger partial charge in [0.1, 0.15) is 36.6 Å². The van der Waals surface area contributed by atoms with Crippen molar-refractivity contribution < 1.29 is 50.0 Å². The van der Waals surface area contributed by atoms with Crippen LogP contribution in [0.1, 0.15) is 341 Å². The van der Waals surface area contributed by atoms with E-state index >= 15 is 0 Å². The summed E-state index contributed by atoms with van der Waals surface area (Å²) in [7, 11) is 0. The number of carbonyl (C=O) groups excluding carboxylic acids is 1. The standard InChI is InChI=1S/C67H131NO10/c1-3-5-7-9-11-13-15-17-19-21-23-25-27-29-31-32-34-36-38-40-42-44-46-48-50-52-54-59(70)62(72)58(57-77-67-65(75)64(74)63(73)61(56-69)78-67)68-66(76)60(71)55-53-51-49-47-45-43-41-39-37-35-33-30-28-26-24-22-20-18-16-14-12-10-8-6-4-2/h46,48,58-65,67,69-75H,3-45,47,49-57H2,1-2H3,(H,68,76)/b48-46+. The Morgan fingerprint density at radius 1 is 0.436 bits per heavy atom. The number of carbonyl (C=O) groups is 1. The summed E-state index contributed by atoms with van der Waals surface area (Å²) >= 11 is 0. The summed E-state index contributed by atoms with van der Waals surface area (Å²) < 4.78 is 11.2. The summed E-state index contributed by atoms with van der Waals surface area (Å²) in [4.78, 5) is 13.2. The van der Waals surface area contributed by atoms with Gasteiger partial charge in [0.25, 0.3) is 0 Å². The molecule has 0 aromatic heterocycles. The largest absolute Gasteiger partial charge is 0.394 e. The molecule has 9 atom stereocenters. The number of aliphatic hydroxyl groups is 7. The molecule has 1 amide bonds. The predicted molar refractivity (Wildman–Crippen MR) is 326 cm³/mol. The molecular weight excluding hydrogens is 979 g/mol. The van der Waals surface area contributed by atoms with Crippen molar-refractivity contribution in [2.45, 2.75) is 396 Å². The summed E-state index contributed by atoms with van der Waals surface area (Å²) in [6, 6.07) is -1.18. The fourth-order valence-electron chi connectivity index (χ4n) is 11.3. The number of hydrogen-bond acceptors (Lipinski definition) is 10. The molecule has 8 N–H and O–H groups in total. The van der Waals surface area contributed by atoms with Gasteiger partial charge in [0, 0.05) is 0 Å². The Bertz CT molecular complexity index is 1270. The number of nitrogens with one attached hydrogen (secondary N) is 1. The number of ether oxygens (including phenoxy) is 2. The second-order valence-electron chi connectivity index (χ2n) is 24.3. The van der Waals surface area contributed by atoms with Crippen molar-refractivity contribution in [1.82, 2.24) is 5.32 Å². The number of aliphatic hydroxyl groups excluding tert-OH is 7. The van der Waals surface area contributed by atoms with E-state index in [-0.39, 0.29) is 12.8 Å². The summed E-state index contributed by atoms with van der Waals surface area (Å²) in [6.07, 6.45) is 57.2. The number of rotatable bonds is 60. The molecule has 1 heterocycles. The second kappa shape index (κ2) is 56.3. The molecular formula is C67H131NO10. The summed E-state index contributed by atoms with van der Waals surface area (Å²) in [6.45, 7) is 3.51. The predicted octanol–water partition coefficient (Wildman–Crippen LogP) is 15.9. The lowest BCUT2D eigenvalue weighted by Crippen LogP contribution is -2.60. The first-order valence-electron chi connectivity index (χ1n) is 34.1. The molecule has 0 spiro atoms. The van der Waals surface area contributed by atoms with Gasteiger partial charge in [-0.2, -0.15) is 0 Å². The Morgan fingerprint density at radius 3 is 1.10 bits per heavy atom. The van der Waals surface area contributed by atoms with Gasteiger partial charge in [-0.25, -0.2) is 0 Å². The Labute approximate surface area is 481 Å². The smallest absolute Gasteiger partial charge is 0.249 e. The highest BCUT2D eigenvalue weighted by Crippen LogP contribution is 2.24. The minimum Gasteiger partial charge on any atom is -0.394 e. The maximum absolute atomic E-state index is 13.2. The molecule has 0 bridgehead atoms. The van der Waals surface area contributed by atoms with Crippen molar-refractivity contribution >= 4 is 5.91 Å². The molecule has 0 aliphatic carbocycles. The van der Waals surface area contributed by atoms with E-state index in [0.717, 1.165) is 38.5 Å². The minimum atomic E-state index is -1.67. The molecule has 1 fully saturated rings. The highest BCUT2D eigenvalue weighted by Gasteiger charge is 2.44. The van der Waals surface area contributed by atoms with E-state index in [1.165, 1.54) is 263 Å². The second-order valence-corrected chi connectivity index (χ2v) is 24.3. The van der Waals surface area contributed by atoms with Crippen molar-refractivity contribution in [3.63, 3.8) is 0 Å². The van der Waals surface area contributed by atoms with E-state index in [9.17, 15) is 40.5 Å². The van der Waals surface area contributed by atoms with Crippen LogP contribution in [0.4, 0.5) is 0 Å². The van der Waals surface area contributed by atoms with Crippen LogP contribution in [0.5, 0.6) is 0 Å². The van der Waals surface area contributed by atoms with E-state index in [4.69, 9.17) is 9.47 Å². The quantitative estimate of drug-likeness (QED) is 0.0215. The van der Waals surface area contributed by atoms with E-state index in [2.05, 4.69) is 31.3 Å². The molecule has 9 unspecified atom stereocenters.